The molecule has 0 bridgehead atoms. The van der Waals surface area contributed by atoms with Gasteiger partial charge in [0.2, 0.25) is 0 Å². The Kier molecular flexibility index (Phi) is 4.76. The van der Waals surface area contributed by atoms with Gasteiger partial charge in [0, 0.05) is 0 Å². The molecular weight excluding hydrogens is 264 g/mol. The predicted molar refractivity (Wildman–Crippen MR) is 86.2 cm³/mol. The van der Waals surface area contributed by atoms with Gasteiger partial charge in [0.15, 0.2) is 0 Å². The van der Waals surface area contributed by atoms with Crippen LogP contribution in [0.2, 0.25) is 0 Å². The minimum Gasteiger partial charge on any atom is -0.507 e. The number of benzene rings is 1. The third kappa shape index (κ3) is 4.23. The molecule has 21 heavy (non-hydrogen) atoms. The van der Waals surface area contributed by atoms with Crippen LogP contribution in [0.3, 0.4) is 0 Å². The number of aliphatic carboxylic acids is 1. The lowest BCUT2D eigenvalue weighted by Gasteiger charge is -2.29. The first-order valence-corrected chi connectivity index (χ1v) is 7.43. The molecule has 1 atom stereocenters. The molecule has 2 N–H and O–H groups in total. The summed E-state index contributed by atoms with van der Waals surface area (Å²) in [5, 5.41) is 19.6. The molecule has 0 aromatic heterocycles. The van der Waals surface area contributed by atoms with Crippen LogP contribution in [0.4, 0.5) is 0 Å². The zero-order valence-corrected chi connectivity index (χ0v) is 14.2. The fourth-order valence-corrected chi connectivity index (χ4v) is 2.46. The van der Waals surface area contributed by atoms with Crippen LogP contribution in [-0.4, -0.2) is 16.2 Å². The monoisotopic (exact) mass is 292 g/mol. The number of carboxylic acids is 1. The zero-order chi connectivity index (χ0) is 16.6. The largest absolute Gasteiger partial charge is 0.507 e. The summed E-state index contributed by atoms with van der Waals surface area (Å²) in [7, 11) is 0. The van der Waals surface area contributed by atoms with Crippen LogP contribution in [0.5, 0.6) is 5.75 Å². The zero-order valence-electron chi connectivity index (χ0n) is 14.2. The Morgan fingerprint density at radius 3 is 1.71 bits per heavy atom. The molecule has 0 aliphatic rings. The minimum atomic E-state index is -0.801. The lowest BCUT2D eigenvalue weighted by Crippen LogP contribution is -2.18. The van der Waals surface area contributed by atoms with Crippen LogP contribution < -0.4 is 0 Å². The van der Waals surface area contributed by atoms with Gasteiger partial charge in [-0.15, -0.1) is 0 Å². The second-order valence-corrected chi connectivity index (χ2v) is 7.96. The van der Waals surface area contributed by atoms with Crippen LogP contribution in [0, 0.1) is 0 Å². The number of hydrogen-bond donors (Lipinski definition) is 2. The van der Waals surface area contributed by atoms with Crippen molar-refractivity contribution in [2.24, 2.45) is 0 Å². The van der Waals surface area contributed by atoms with E-state index in [1.54, 1.807) is 0 Å². The molecule has 0 aliphatic carbocycles. The highest BCUT2D eigenvalue weighted by molar-refractivity contribution is 5.68. The molecule has 1 rings (SSSR count). The lowest BCUT2D eigenvalue weighted by molar-refractivity contribution is -0.137. The van der Waals surface area contributed by atoms with Crippen LogP contribution in [-0.2, 0) is 15.6 Å². The van der Waals surface area contributed by atoms with Gasteiger partial charge in [-0.05, 0) is 33.4 Å². The Bertz CT molecular complexity index is 495. The Morgan fingerprint density at radius 1 is 1.05 bits per heavy atom. The average molecular weight is 292 g/mol. The molecule has 0 fully saturated rings. The van der Waals surface area contributed by atoms with Crippen LogP contribution in [0.15, 0.2) is 12.1 Å². The van der Waals surface area contributed by atoms with Crippen molar-refractivity contribution >= 4 is 5.97 Å². The molecule has 0 unspecified atom stereocenters. The lowest BCUT2D eigenvalue weighted by atomic mass is 9.77. The first-order chi connectivity index (χ1) is 9.34. The van der Waals surface area contributed by atoms with Gasteiger partial charge >= 0.3 is 5.97 Å². The van der Waals surface area contributed by atoms with Crippen molar-refractivity contribution in [3.05, 3.63) is 28.8 Å². The highest BCUT2D eigenvalue weighted by Crippen LogP contribution is 2.41. The highest BCUT2D eigenvalue weighted by atomic mass is 16.4. The normalized spacial score (nSPS) is 14.0. The smallest absolute Gasteiger partial charge is 0.303 e. The summed E-state index contributed by atoms with van der Waals surface area (Å²) >= 11 is 0. The third-order valence-electron chi connectivity index (χ3n) is 3.80. The highest BCUT2D eigenvalue weighted by Gasteiger charge is 2.27. The SMILES string of the molecule is C[C@H](CC(=O)O)c1cc(C(C)(C)C)c(O)c(C(C)(C)C)c1. The van der Waals surface area contributed by atoms with Crippen molar-refractivity contribution in [1.29, 1.82) is 0 Å². The Balaban J connectivity index is 3.51. The van der Waals surface area contributed by atoms with Crippen LogP contribution >= 0.6 is 0 Å². The van der Waals surface area contributed by atoms with E-state index in [-0.39, 0.29) is 23.2 Å². The van der Waals surface area contributed by atoms with Gasteiger partial charge in [0.05, 0.1) is 6.42 Å². The predicted octanol–water partition coefficient (Wildman–Crippen LogP) is 4.57. The maximum absolute atomic E-state index is 11.0. The van der Waals surface area contributed by atoms with E-state index in [0.29, 0.717) is 5.75 Å². The van der Waals surface area contributed by atoms with Crippen molar-refractivity contribution in [1.82, 2.24) is 0 Å². The number of phenols is 1. The summed E-state index contributed by atoms with van der Waals surface area (Å²) in [6.07, 6.45) is 0.0952. The molecule has 3 heteroatoms. The van der Waals surface area contributed by atoms with E-state index >= 15 is 0 Å². The van der Waals surface area contributed by atoms with Crippen molar-refractivity contribution in [3.8, 4) is 5.75 Å². The molecule has 0 amide bonds. The van der Waals surface area contributed by atoms with Crippen LogP contribution in [0.25, 0.3) is 0 Å². The summed E-state index contributed by atoms with van der Waals surface area (Å²) < 4.78 is 0. The second kappa shape index (κ2) is 5.70. The van der Waals surface area contributed by atoms with E-state index in [9.17, 15) is 9.90 Å². The first kappa shape index (κ1) is 17.5. The van der Waals surface area contributed by atoms with Gasteiger partial charge < -0.3 is 10.2 Å². The van der Waals surface area contributed by atoms with Gasteiger partial charge in [0.1, 0.15) is 5.75 Å². The maximum atomic E-state index is 11.0. The standard InChI is InChI=1S/C18H28O3/c1-11(8-15(19)20)12-9-13(17(2,3)4)16(21)14(10-12)18(5,6)7/h9-11,21H,8H2,1-7H3,(H,19,20)/t11-/m1/s1. The molecule has 0 saturated carbocycles. The fourth-order valence-electron chi connectivity index (χ4n) is 2.46. The number of carboxylic acid groups (broad SMARTS) is 1. The van der Waals surface area contributed by atoms with E-state index in [1.165, 1.54) is 0 Å². The molecule has 0 heterocycles. The molecule has 118 valence electrons. The number of phenolic OH excluding ortho intramolecular Hbond substituents is 1. The average Bonchev–Trinajstić information content (AvgIpc) is 2.24. The van der Waals surface area contributed by atoms with Crippen molar-refractivity contribution in [2.45, 2.75) is 71.6 Å². The quantitative estimate of drug-likeness (QED) is 0.858. The number of rotatable bonds is 3. The van der Waals surface area contributed by atoms with Gasteiger partial charge in [-0.2, -0.15) is 0 Å². The molecule has 1 aromatic rings. The molecule has 0 saturated heterocycles. The van der Waals surface area contributed by atoms with Crippen molar-refractivity contribution in [3.63, 3.8) is 0 Å². The molecule has 0 radical (unpaired) electrons. The molecule has 3 nitrogen and oxygen atoms in total. The van der Waals surface area contributed by atoms with Crippen LogP contribution in [0.1, 0.15) is 77.5 Å². The summed E-state index contributed by atoms with van der Waals surface area (Å²) in [6.45, 7) is 14.3. The minimum absolute atomic E-state index is 0.0784. The summed E-state index contributed by atoms with van der Waals surface area (Å²) in [4.78, 5) is 11.0. The summed E-state index contributed by atoms with van der Waals surface area (Å²) in [6, 6.07) is 3.91. The number of carbonyl (C=O) groups is 1. The molecule has 0 spiro atoms. The van der Waals surface area contributed by atoms with E-state index in [0.717, 1.165) is 16.7 Å². The Hall–Kier alpha value is -1.51. The summed E-state index contributed by atoms with van der Waals surface area (Å²) in [5.74, 6) is -0.545. The topological polar surface area (TPSA) is 57.5 Å². The second-order valence-electron chi connectivity index (χ2n) is 7.96. The maximum Gasteiger partial charge on any atom is 0.303 e. The fraction of sp³-hybridized carbons (Fsp3) is 0.611. The molecule has 0 aliphatic heterocycles. The summed E-state index contributed by atoms with van der Waals surface area (Å²) in [5.41, 5.74) is 2.35. The van der Waals surface area contributed by atoms with Gasteiger partial charge in [0.25, 0.3) is 0 Å². The van der Waals surface area contributed by atoms with Gasteiger partial charge in [-0.1, -0.05) is 60.6 Å². The Labute approximate surface area is 128 Å². The third-order valence-corrected chi connectivity index (χ3v) is 3.80. The van der Waals surface area contributed by atoms with E-state index in [1.807, 2.05) is 19.1 Å². The van der Waals surface area contributed by atoms with E-state index in [4.69, 9.17) is 5.11 Å². The van der Waals surface area contributed by atoms with E-state index < -0.39 is 5.97 Å². The first-order valence-electron chi connectivity index (χ1n) is 7.43. The molecule has 1 aromatic carbocycles. The van der Waals surface area contributed by atoms with Crippen molar-refractivity contribution in [2.75, 3.05) is 0 Å². The Morgan fingerprint density at radius 2 is 1.43 bits per heavy atom. The van der Waals surface area contributed by atoms with Gasteiger partial charge in [-0.3, -0.25) is 4.79 Å². The van der Waals surface area contributed by atoms with E-state index in [2.05, 4.69) is 41.5 Å². The number of hydrogen-bond acceptors (Lipinski definition) is 2. The van der Waals surface area contributed by atoms with Gasteiger partial charge in [-0.25, -0.2) is 0 Å². The van der Waals surface area contributed by atoms with Crippen molar-refractivity contribution < 1.29 is 15.0 Å². The molecular formula is C18H28O3. The number of aromatic hydroxyl groups is 1.